The van der Waals surface area contributed by atoms with E-state index >= 15 is 0 Å². The highest BCUT2D eigenvalue weighted by Gasteiger charge is 2.33. The second kappa shape index (κ2) is 8.40. The molecular weight excluding hydrogens is 394 g/mol. The number of ether oxygens (including phenoxy) is 2. The summed E-state index contributed by atoms with van der Waals surface area (Å²) in [6, 6.07) is 14.5. The molecule has 1 N–H and O–H groups in total. The van der Waals surface area contributed by atoms with E-state index in [1.807, 2.05) is 36.5 Å². The van der Waals surface area contributed by atoms with Crippen molar-refractivity contribution in [1.82, 2.24) is 19.9 Å². The average molecular weight is 414 g/mol. The number of nitrogens with zero attached hydrogens (tertiary/aromatic N) is 4. The fourth-order valence-corrected chi connectivity index (χ4v) is 3.16. The molecule has 4 rings (SSSR count). The Kier molecular flexibility index (Phi) is 5.53. The standard InChI is InChI=1S/C20H20ClN5O3/c1-28-19-8-7-14(21)9-18(19)22-20(27)25-11-16(12-25)26-10-15(23-24-26)13-29-17-5-3-2-4-6-17/h2-10,16H,11-13H2,1H3,(H,22,27). The van der Waals surface area contributed by atoms with Gasteiger partial charge in [0, 0.05) is 18.1 Å². The highest BCUT2D eigenvalue weighted by molar-refractivity contribution is 6.31. The van der Waals surface area contributed by atoms with Gasteiger partial charge in [-0.2, -0.15) is 0 Å². The lowest BCUT2D eigenvalue weighted by molar-refractivity contribution is 0.127. The summed E-state index contributed by atoms with van der Waals surface area (Å²) < 4.78 is 12.7. The second-order valence-corrected chi connectivity index (χ2v) is 7.06. The number of anilines is 1. The average Bonchev–Trinajstić information content (AvgIpc) is 3.15. The first kappa shape index (κ1) is 19.1. The number of amides is 2. The van der Waals surface area contributed by atoms with E-state index in [4.69, 9.17) is 21.1 Å². The Morgan fingerprint density at radius 2 is 2.03 bits per heavy atom. The SMILES string of the molecule is COc1ccc(Cl)cc1NC(=O)N1CC(n2cc(COc3ccccc3)nn2)C1. The number of carbonyl (C=O) groups excluding carboxylic acids is 1. The number of para-hydroxylation sites is 1. The molecule has 29 heavy (non-hydrogen) atoms. The molecule has 150 valence electrons. The third-order valence-corrected chi connectivity index (χ3v) is 4.85. The molecule has 0 radical (unpaired) electrons. The molecule has 0 spiro atoms. The predicted molar refractivity (Wildman–Crippen MR) is 108 cm³/mol. The topological polar surface area (TPSA) is 81.5 Å². The Morgan fingerprint density at radius 3 is 2.79 bits per heavy atom. The molecule has 0 atom stereocenters. The number of halogens is 1. The monoisotopic (exact) mass is 413 g/mol. The first-order chi connectivity index (χ1) is 14.1. The van der Waals surface area contributed by atoms with Crippen molar-refractivity contribution in [2.24, 2.45) is 0 Å². The third kappa shape index (κ3) is 4.43. The van der Waals surface area contributed by atoms with Crippen LogP contribution in [0.3, 0.4) is 0 Å². The van der Waals surface area contributed by atoms with Crippen LogP contribution >= 0.6 is 11.6 Å². The van der Waals surface area contributed by atoms with Crippen molar-refractivity contribution in [3.8, 4) is 11.5 Å². The second-order valence-electron chi connectivity index (χ2n) is 6.63. The molecule has 2 amide bonds. The van der Waals surface area contributed by atoms with Gasteiger partial charge in [-0.3, -0.25) is 0 Å². The van der Waals surface area contributed by atoms with E-state index < -0.39 is 0 Å². The Hall–Kier alpha value is -3.26. The lowest BCUT2D eigenvalue weighted by atomic mass is 10.1. The van der Waals surface area contributed by atoms with Crippen LogP contribution in [0.25, 0.3) is 0 Å². The van der Waals surface area contributed by atoms with E-state index in [-0.39, 0.29) is 12.1 Å². The van der Waals surface area contributed by atoms with Crippen molar-refractivity contribution in [2.75, 3.05) is 25.5 Å². The smallest absolute Gasteiger partial charge is 0.322 e. The molecule has 3 aromatic rings. The Balaban J connectivity index is 1.29. The van der Waals surface area contributed by atoms with Crippen molar-refractivity contribution in [3.63, 3.8) is 0 Å². The molecule has 0 bridgehead atoms. The maximum absolute atomic E-state index is 12.5. The molecule has 1 aromatic heterocycles. The van der Waals surface area contributed by atoms with Crippen molar-refractivity contribution >= 4 is 23.3 Å². The predicted octanol–water partition coefficient (Wildman–Crippen LogP) is 3.61. The maximum Gasteiger partial charge on any atom is 0.322 e. The van der Waals surface area contributed by atoms with Crippen molar-refractivity contribution in [3.05, 3.63) is 65.4 Å². The van der Waals surface area contributed by atoms with Gasteiger partial charge >= 0.3 is 6.03 Å². The number of urea groups is 1. The number of hydrogen-bond donors (Lipinski definition) is 1. The van der Waals surface area contributed by atoms with Gasteiger partial charge in [0.15, 0.2) is 0 Å². The number of carbonyl (C=O) groups is 1. The summed E-state index contributed by atoms with van der Waals surface area (Å²) in [4.78, 5) is 14.2. The molecule has 9 heteroatoms. The molecule has 1 saturated heterocycles. The van der Waals surface area contributed by atoms with Gasteiger partial charge in [-0.05, 0) is 30.3 Å². The molecule has 0 saturated carbocycles. The summed E-state index contributed by atoms with van der Waals surface area (Å²) in [7, 11) is 1.54. The van der Waals surface area contributed by atoms with Crippen LogP contribution in [0.2, 0.25) is 5.02 Å². The number of methoxy groups -OCH3 is 1. The van der Waals surface area contributed by atoms with E-state index in [9.17, 15) is 4.79 Å². The number of benzene rings is 2. The van der Waals surface area contributed by atoms with Gasteiger partial charge in [0.25, 0.3) is 0 Å². The van der Waals surface area contributed by atoms with Gasteiger partial charge in [-0.1, -0.05) is 35.0 Å². The highest BCUT2D eigenvalue weighted by atomic mass is 35.5. The van der Waals surface area contributed by atoms with Crippen LogP contribution in [0.4, 0.5) is 10.5 Å². The Labute approximate surface area is 173 Å². The quantitative estimate of drug-likeness (QED) is 0.667. The first-order valence-corrected chi connectivity index (χ1v) is 9.48. The highest BCUT2D eigenvalue weighted by Crippen LogP contribution is 2.29. The van der Waals surface area contributed by atoms with E-state index in [1.165, 1.54) is 0 Å². The summed E-state index contributed by atoms with van der Waals surface area (Å²) in [5.74, 6) is 1.34. The van der Waals surface area contributed by atoms with Crippen LogP contribution in [0, 0.1) is 0 Å². The molecule has 8 nitrogen and oxygen atoms in total. The van der Waals surface area contributed by atoms with Crippen molar-refractivity contribution < 1.29 is 14.3 Å². The largest absolute Gasteiger partial charge is 0.495 e. The van der Waals surface area contributed by atoms with Crippen LogP contribution < -0.4 is 14.8 Å². The number of rotatable bonds is 6. The van der Waals surface area contributed by atoms with E-state index in [1.54, 1.807) is 34.9 Å². The van der Waals surface area contributed by atoms with Crippen LogP contribution in [0.1, 0.15) is 11.7 Å². The molecule has 0 aliphatic carbocycles. The zero-order chi connectivity index (χ0) is 20.2. The summed E-state index contributed by atoms with van der Waals surface area (Å²) in [5.41, 5.74) is 1.27. The zero-order valence-corrected chi connectivity index (χ0v) is 16.5. The summed E-state index contributed by atoms with van der Waals surface area (Å²) in [6.45, 7) is 1.42. The first-order valence-electron chi connectivity index (χ1n) is 9.10. The summed E-state index contributed by atoms with van der Waals surface area (Å²) in [6.07, 6.45) is 1.85. The molecule has 2 heterocycles. The molecule has 1 fully saturated rings. The number of aromatic nitrogens is 3. The number of hydrogen-bond acceptors (Lipinski definition) is 5. The van der Waals surface area contributed by atoms with Gasteiger partial charge < -0.3 is 19.7 Å². The maximum atomic E-state index is 12.5. The lowest BCUT2D eigenvalue weighted by Gasteiger charge is -2.38. The van der Waals surface area contributed by atoms with Gasteiger partial charge in [-0.25, -0.2) is 9.48 Å². The minimum Gasteiger partial charge on any atom is -0.495 e. The van der Waals surface area contributed by atoms with E-state index in [2.05, 4.69) is 15.6 Å². The molecule has 1 aliphatic rings. The third-order valence-electron chi connectivity index (χ3n) is 4.61. The van der Waals surface area contributed by atoms with Crippen LogP contribution in [0.5, 0.6) is 11.5 Å². The van der Waals surface area contributed by atoms with Gasteiger partial charge in [0.05, 0.1) is 25.0 Å². The minimum atomic E-state index is -0.213. The van der Waals surface area contributed by atoms with E-state index in [0.29, 0.717) is 36.2 Å². The van der Waals surface area contributed by atoms with Crippen LogP contribution in [-0.4, -0.2) is 46.1 Å². The normalized spacial score (nSPS) is 13.7. The Morgan fingerprint density at radius 1 is 1.24 bits per heavy atom. The molecular formula is C20H20ClN5O3. The fourth-order valence-electron chi connectivity index (χ4n) is 2.99. The van der Waals surface area contributed by atoms with Crippen molar-refractivity contribution in [1.29, 1.82) is 0 Å². The fraction of sp³-hybridized carbons (Fsp3) is 0.250. The summed E-state index contributed by atoms with van der Waals surface area (Å²) in [5, 5.41) is 11.7. The molecule has 0 unspecified atom stereocenters. The van der Waals surface area contributed by atoms with Crippen LogP contribution in [-0.2, 0) is 6.61 Å². The Bertz CT molecular complexity index is 989. The van der Waals surface area contributed by atoms with Gasteiger partial charge in [-0.15, -0.1) is 5.10 Å². The number of likely N-dealkylation sites (tertiary alicyclic amines) is 1. The van der Waals surface area contributed by atoms with Gasteiger partial charge in [0.2, 0.25) is 0 Å². The van der Waals surface area contributed by atoms with Crippen molar-refractivity contribution in [2.45, 2.75) is 12.6 Å². The van der Waals surface area contributed by atoms with Crippen LogP contribution in [0.15, 0.2) is 54.7 Å². The van der Waals surface area contributed by atoms with Gasteiger partial charge in [0.1, 0.15) is 23.8 Å². The molecule has 2 aromatic carbocycles. The lowest BCUT2D eigenvalue weighted by Crippen LogP contribution is -2.52. The zero-order valence-electron chi connectivity index (χ0n) is 15.8. The molecule has 1 aliphatic heterocycles. The minimum absolute atomic E-state index is 0.0833. The number of nitrogens with one attached hydrogen (secondary N) is 1. The van der Waals surface area contributed by atoms with E-state index in [0.717, 1.165) is 11.4 Å². The summed E-state index contributed by atoms with van der Waals surface area (Å²) >= 11 is 6.01.